The van der Waals surface area contributed by atoms with Crippen LogP contribution in [0.25, 0.3) is 0 Å². The zero-order valence-corrected chi connectivity index (χ0v) is 13.7. The van der Waals surface area contributed by atoms with Crippen molar-refractivity contribution < 1.29 is 0 Å². The third-order valence-electron chi connectivity index (χ3n) is 3.95. The molecule has 0 spiro atoms. The standard InChI is InChI=1S/C15H23IN2/c1-11-6-7-14(16)9-15(11)17-12(2)13-5-4-8-18(3)10-13/h6-7,9,12-13,17H,4-5,8,10H2,1-3H3. The zero-order chi connectivity index (χ0) is 13.1. The number of anilines is 1. The summed E-state index contributed by atoms with van der Waals surface area (Å²) in [6.45, 7) is 6.98. The molecule has 18 heavy (non-hydrogen) atoms. The molecular weight excluding hydrogens is 335 g/mol. The molecular formula is C15H23IN2. The van der Waals surface area contributed by atoms with Gasteiger partial charge in [0.05, 0.1) is 0 Å². The Morgan fingerprint density at radius 3 is 2.94 bits per heavy atom. The van der Waals surface area contributed by atoms with Gasteiger partial charge in [-0.25, -0.2) is 0 Å². The van der Waals surface area contributed by atoms with Crippen molar-refractivity contribution in [2.45, 2.75) is 32.7 Å². The summed E-state index contributed by atoms with van der Waals surface area (Å²) in [6, 6.07) is 7.16. The van der Waals surface area contributed by atoms with Gasteiger partial charge < -0.3 is 10.2 Å². The minimum absolute atomic E-state index is 0.546. The van der Waals surface area contributed by atoms with Gasteiger partial charge in [-0.05, 0) is 86.5 Å². The van der Waals surface area contributed by atoms with Crippen LogP contribution in [-0.2, 0) is 0 Å². The minimum Gasteiger partial charge on any atom is -0.382 e. The van der Waals surface area contributed by atoms with Gasteiger partial charge in [-0.2, -0.15) is 0 Å². The Morgan fingerprint density at radius 2 is 2.22 bits per heavy atom. The molecule has 0 amide bonds. The summed E-state index contributed by atoms with van der Waals surface area (Å²) in [5.41, 5.74) is 2.63. The molecule has 2 atom stereocenters. The first-order chi connectivity index (χ1) is 8.56. The van der Waals surface area contributed by atoms with Gasteiger partial charge in [0, 0.05) is 21.8 Å². The lowest BCUT2D eigenvalue weighted by molar-refractivity contribution is 0.197. The van der Waals surface area contributed by atoms with Gasteiger partial charge in [0.25, 0.3) is 0 Å². The molecule has 1 aromatic rings. The van der Waals surface area contributed by atoms with Crippen molar-refractivity contribution in [2.75, 3.05) is 25.5 Å². The third kappa shape index (κ3) is 3.60. The van der Waals surface area contributed by atoms with Crippen molar-refractivity contribution in [1.82, 2.24) is 4.90 Å². The molecule has 2 unspecified atom stereocenters. The molecule has 0 saturated carbocycles. The number of rotatable bonds is 3. The Kier molecular flexibility index (Phi) is 4.90. The van der Waals surface area contributed by atoms with Crippen LogP contribution in [-0.4, -0.2) is 31.1 Å². The number of halogens is 1. The Morgan fingerprint density at radius 1 is 1.44 bits per heavy atom. The summed E-state index contributed by atoms with van der Waals surface area (Å²) in [5, 5.41) is 3.71. The van der Waals surface area contributed by atoms with Gasteiger partial charge in [-0.3, -0.25) is 0 Å². The highest BCUT2D eigenvalue weighted by Crippen LogP contribution is 2.24. The minimum atomic E-state index is 0.546. The Hall–Kier alpha value is -0.290. The summed E-state index contributed by atoms with van der Waals surface area (Å²) in [4.78, 5) is 2.45. The van der Waals surface area contributed by atoms with Gasteiger partial charge in [0.15, 0.2) is 0 Å². The topological polar surface area (TPSA) is 15.3 Å². The number of nitrogens with zero attached hydrogens (tertiary/aromatic N) is 1. The molecule has 1 fully saturated rings. The quantitative estimate of drug-likeness (QED) is 0.829. The van der Waals surface area contributed by atoms with Crippen LogP contribution in [0.1, 0.15) is 25.3 Å². The number of hydrogen-bond acceptors (Lipinski definition) is 2. The van der Waals surface area contributed by atoms with Gasteiger partial charge in [-0.1, -0.05) is 6.07 Å². The van der Waals surface area contributed by atoms with E-state index in [4.69, 9.17) is 0 Å². The van der Waals surface area contributed by atoms with E-state index in [0.29, 0.717) is 6.04 Å². The maximum atomic E-state index is 3.71. The average molecular weight is 358 g/mol. The van der Waals surface area contributed by atoms with Crippen molar-refractivity contribution in [3.05, 3.63) is 27.3 Å². The fraction of sp³-hybridized carbons (Fsp3) is 0.600. The van der Waals surface area contributed by atoms with E-state index in [1.807, 2.05) is 0 Å². The van der Waals surface area contributed by atoms with E-state index in [9.17, 15) is 0 Å². The SMILES string of the molecule is Cc1ccc(I)cc1NC(C)C1CCCN(C)C1. The average Bonchev–Trinajstić information content (AvgIpc) is 2.34. The molecule has 1 heterocycles. The molecule has 100 valence electrons. The fourth-order valence-electron chi connectivity index (χ4n) is 2.73. The first kappa shape index (κ1) is 14.1. The summed E-state index contributed by atoms with van der Waals surface area (Å²) in [6.07, 6.45) is 2.68. The zero-order valence-electron chi connectivity index (χ0n) is 11.5. The summed E-state index contributed by atoms with van der Waals surface area (Å²) in [5.74, 6) is 0.765. The first-order valence-corrected chi connectivity index (χ1v) is 7.85. The van der Waals surface area contributed by atoms with E-state index in [1.165, 1.54) is 40.8 Å². The van der Waals surface area contributed by atoms with Crippen molar-refractivity contribution in [2.24, 2.45) is 5.92 Å². The molecule has 1 aliphatic heterocycles. The molecule has 1 saturated heterocycles. The Bertz CT molecular complexity index is 405. The number of hydrogen-bond donors (Lipinski definition) is 1. The van der Waals surface area contributed by atoms with Gasteiger partial charge in [0.1, 0.15) is 0 Å². The van der Waals surface area contributed by atoms with Crippen molar-refractivity contribution in [3.63, 3.8) is 0 Å². The van der Waals surface area contributed by atoms with Crippen molar-refractivity contribution >= 4 is 28.3 Å². The molecule has 1 aromatic carbocycles. The highest BCUT2D eigenvalue weighted by molar-refractivity contribution is 14.1. The van der Waals surface area contributed by atoms with Crippen LogP contribution in [0.15, 0.2) is 18.2 Å². The summed E-state index contributed by atoms with van der Waals surface area (Å²) in [7, 11) is 2.23. The number of piperidine rings is 1. The second-order valence-electron chi connectivity index (χ2n) is 5.56. The highest BCUT2D eigenvalue weighted by Gasteiger charge is 2.22. The number of benzene rings is 1. The molecule has 0 bridgehead atoms. The molecule has 0 radical (unpaired) electrons. The maximum Gasteiger partial charge on any atom is 0.0382 e. The van der Waals surface area contributed by atoms with E-state index < -0.39 is 0 Å². The van der Waals surface area contributed by atoms with Crippen LogP contribution in [0, 0.1) is 16.4 Å². The van der Waals surface area contributed by atoms with E-state index >= 15 is 0 Å². The number of likely N-dealkylation sites (tertiary alicyclic amines) is 1. The maximum absolute atomic E-state index is 3.71. The smallest absolute Gasteiger partial charge is 0.0382 e. The van der Waals surface area contributed by atoms with Crippen LogP contribution >= 0.6 is 22.6 Å². The monoisotopic (exact) mass is 358 g/mol. The van der Waals surface area contributed by atoms with E-state index in [-0.39, 0.29) is 0 Å². The third-order valence-corrected chi connectivity index (χ3v) is 4.62. The predicted molar refractivity (Wildman–Crippen MR) is 87.2 cm³/mol. The Balaban J connectivity index is 2.01. The van der Waals surface area contributed by atoms with Crippen molar-refractivity contribution in [3.8, 4) is 0 Å². The Labute approximate surface area is 124 Å². The molecule has 2 nitrogen and oxygen atoms in total. The molecule has 0 aromatic heterocycles. The second kappa shape index (κ2) is 6.24. The molecule has 2 rings (SSSR count). The second-order valence-corrected chi connectivity index (χ2v) is 6.80. The van der Waals surface area contributed by atoms with E-state index in [0.717, 1.165) is 5.92 Å². The van der Waals surface area contributed by atoms with E-state index in [1.54, 1.807) is 0 Å². The lowest BCUT2D eigenvalue weighted by atomic mass is 9.91. The van der Waals surface area contributed by atoms with Gasteiger partial charge in [-0.15, -0.1) is 0 Å². The lowest BCUT2D eigenvalue weighted by Crippen LogP contribution is -2.39. The van der Waals surface area contributed by atoms with Crippen LogP contribution in [0.5, 0.6) is 0 Å². The normalized spacial score (nSPS) is 22.8. The van der Waals surface area contributed by atoms with Crippen LogP contribution in [0.3, 0.4) is 0 Å². The van der Waals surface area contributed by atoms with Crippen molar-refractivity contribution in [1.29, 1.82) is 0 Å². The van der Waals surface area contributed by atoms with Crippen LogP contribution < -0.4 is 5.32 Å². The van der Waals surface area contributed by atoms with Gasteiger partial charge >= 0.3 is 0 Å². The largest absolute Gasteiger partial charge is 0.382 e. The first-order valence-electron chi connectivity index (χ1n) is 6.77. The highest BCUT2D eigenvalue weighted by atomic mass is 127. The fourth-order valence-corrected chi connectivity index (χ4v) is 3.22. The van der Waals surface area contributed by atoms with Gasteiger partial charge in [0.2, 0.25) is 0 Å². The molecule has 1 aliphatic rings. The molecule has 1 N–H and O–H groups in total. The van der Waals surface area contributed by atoms with E-state index in [2.05, 4.69) is 71.9 Å². The summed E-state index contributed by atoms with van der Waals surface area (Å²) >= 11 is 2.38. The molecule has 3 heteroatoms. The lowest BCUT2D eigenvalue weighted by Gasteiger charge is -2.34. The summed E-state index contributed by atoms with van der Waals surface area (Å²) < 4.78 is 1.30. The van der Waals surface area contributed by atoms with Crippen LogP contribution in [0.2, 0.25) is 0 Å². The predicted octanol–water partition coefficient (Wildman–Crippen LogP) is 3.74. The number of aryl methyl sites for hydroxylation is 1. The molecule has 0 aliphatic carbocycles. The number of nitrogens with one attached hydrogen (secondary N) is 1. The van der Waals surface area contributed by atoms with Crippen LogP contribution in [0.4, 0.5) is 5.69 Å².